The minimum atomic E-state index is -0.443. The highest BCUT2D eigenvalue weighted by Gasteiger charge is 2.30. The number of aromatic nitrogens is 1. The predicted molar refractivity (Wildman–Crippen MR) is 61.9 cm³/mol. The van der Waals surface area contributed by atoms with Gasteiger partial charge in [0.2, 0.25) is 5.91 Å². The van der Waals surface area contributed by atoms with Crippen LogP contribution in [0.2, 0.25) is 0 Å². The Morgan fingerprint density at radius 3 is 2.94 bits per heavy atom. The molecular weight excluding hydrogens is 204 g/mol. The van der Waals surface area contributed by atoms with Crippen LogP contribution in [0.4, 0.5) is 5.82 Å². The average molecular weight is 220 g/mol. The minimum Gasteiger partial charge on any atom is -0.366 e. The van der Waals surface area contributed by atoms with Gasteiger partial charge in [0.05, 0.1) is 0 Å². The number of hydrogen-bond donors (Lipinski definition) is 3. The maximum atomic E-state index is 11.0. The van der Waals surface area contributed by atoms with Crippen molar-refractivity contribution in [2.45, 2.75) is 18.9 Å². The van der Waals surface area contributed by atoms with Gasteiger partial charge in [0.15, 0.2) is 0 Å². The van der Waals surface area contributed by atoms with Gasteiger partial charge in [-0.05, 0) is 30.9 Å². The topological polar surface area (TPSA) is 94.0 Å². The summed E-state index contributed by atoms with van der Waals surface area (Å²) in [6.45, 7) is 0.577. The molecule has 1 aliphatic rings. The van der Waals surface area contributed by atoms with E-state index in [4.69, 9.17) is 11.5 Å². The number of rotatable bonds is 5. The number of nitrogens with one attached hydrogen (secondary N) is 1. The molecule has 5 nitrogen and oxygen atoms in total. The number of primary amides is 1. The molecule has 1 aromatic rings. The maximum Gasteiger partial charge on any atom is 0.248 e. The Balaban J connectivity index is 2.07. The molecule has 0 radical (unpaired) electrons. The lowest BCUT2D eigenvalue weighted by Crippen LogP contribution is -2.31. The van der Waals surface area contributed by atoms with Gasteiger partial charge in [0.25, 0.3) is 0 Å². The number of anilines is 1. The number of amides is 1. The second-order valence-corrected chi connectivity index (χ2v) is 4.12. The van der Waals surface area contributed by atoms with E-state index in [1.165, 1.54) is 12.8 Å². The van der Waals surface area contributed by atoms with E-state index in [0.29, 0.717) is 23.8 Å². The van der Waals surface area contributed by atoms with E-state index in [9.17, 15) is 4.79 Å². The standard InChI is InChI=1S/C11H16N4O/c12-6-9(7-1-2-7)15-10-5-8(11(13)16)3-4-14-10/h3-5,7,9H,1-2,6,12H2,(H2,13,16)(H,14,15). The van der Waals surface area contributed by atoms with Gasteiger partial charge in [0, 0.05) is 24.3 Å². The van der Waals surface area contributed by atoms with Crippen LogP contribution in [0.1, 0.15) is 23.2 Å². The molecule has 1 atom stereocenters. The van der Waals surface area contributed by atoms with Crippen LogP contribution >= 0.6 is 0 Å². The largest absolute Gasteiger partial charge is 0.366 e. The Labute approximate surface area is 94.2 Å². The summed E-state index contributed by atoms with van der Waals surface area (Å²) in [5, 5.41) is 3.24. The third-order valence-corrected chi connectivity index (χ3v) is 2.82. The number of nitrogens with zero attached hydrogens (tertiary/aromatic N) is 1. The lowest BCUT2D eigenvalue weighted by molar-refractivity contribution is 0.1000. The molecule has 0 aliphatic heterocycles. The first-order valence-corrected chi connectivity index (χ1v) is 5.43. The highest BCUT2D eigenvalue weighted by atomic mass is 16.1. The van der Waals surface area contributed by atoms with Crippen LogP contribution in [0.15, 0.2) is 18.3 Å². The zero-order valence-electron chi connectivity index (χ0n) is 9.02. The van der Waals surface area contributed by atoms with Crippen molar-refractivity contribution < 1.29 is 4.79 Å². The molecule has 5 heteroatoms. The highest BCUT2D eigenvalue weighted by molar-refractivity contribution is 5.93. The molecule has 0 spiro atoms. The second-order valence-electron chi connectivity index (χ2n) is 4.12. The Kier molecular flexibility index (Phi) is 3.05. The second kappa shape index (κ2) is 4.49. The molecule has 16 heavy (non-hydrogen) atoms. The van der Waals surface area contributed by atoms with Crippen molar-refractivity contribution in [1.82, 2.24) is 4.98 Å². The zero-order chi connectivity index (χ0) is 11.5. The van der Waals surface area contributed by atoms with Crippen LogP contribution in [0, 0.1) is 5.92 Å². The Bertz CT molecular complexity index is 389. The smallest absolute Gasteiger partial charge is 0.248 e. The molecule has 1 fully saturated rings. The molecule has 2 rings (SSSR count). The fourth-order valence-corrected chi connectivity index (χ4v) is 1.72. The molecular formula is C11H16N4O. The first kappa shape index (κ1) is 10.9. The molecule has 0 bridgehead atoms. The van der Waals surface area contributed by atoms with E-state index in [0.717, 1.165) is 0 Å². The number of carbonyl (C=O) groups excluding carboxylic acids is 1. The molecule has 1 saturated carbocycles. The lowest BCUT2D eigenvalue weighted by atomic mass is 10.2. The van der Waals surface area contributed by atoms with E-state index >= 15 is 0 Å². The monoisotopic (exact) mass is 220 g/mol. The molecule has 1 aliphatic carbocycles. The van der Waals surface area contributed by atoms with Crippen LogP contribution in [0.5, 0.6) is 0 Å². The van der Waals surface area contributed by atoms with Crippen LogP contribution in [-0.2, 0) is 0 Å². The van der Waals surface area contributed by atoms with Gasteiger partial charge in [-0.15, -0.1) is 0 Å². The fourth-order valence-electron chi connectivity index (χ4n) is 1.72. The van der Waals surface area contributed by atoms with Crippen molar-refractivity contribution in [2.75, 3.05) is 11.9 Å². The summed E-state index contributed by atoms with van der Waals surface area (Å²) in [6.07, 6.45) is 4.00. The third kappa shape index (κ3) is 2.49. The Morgan fingerprint density at radius 1 is 1.62 bits per heavy atom. The van der Waals surface area contributed by atoms with E-state index in [2.05, 4.69) is 10.3 Å². The maximum absolute atomic E-state index is 11.0. The van der Waals surface area contributed by atoms with Crippen molar-refractivity contribution in [1.29, 1.82) is 0 Å². The minimum absolute atomic E-state index is 0.246. The van der Waals surface area contributed by atoms with Crippen molar-refractivity contribution >= 4 is 11.7 Å². The number of nitrogens with two attached hydrogens (primary N) is 2. The molecule has 1 aromatic heterocycles. The molecule has 1 heterocycles. The Morgan fingerprint density at radius 2 is 2.38 bits per heavy atom. The van der Waals surface area contributed by atoms with Crippen LogP contribution in [-0.4, -0.2) is 23.5 Å². The zero-order valence-corrected chi connectivity index (χ0v) is 9.02. The van der Waals surface area contributed by atoms with Crippen molar-refractivity contribution in [2.24, 2.45) is 17.4 Å². The normalized spacial score (nSPS) is 16.8. The van der Waals surface area contributed by atoms with Crippen LogP contribution in [0.25, 0.3) is 0 Å². The van der Waals surface area contributed by atoms with Gasteiger partial charge in [-0.2, -0.15) is 0 Å². The summed E-state index contributed by atoms with van der Waals surface area (Å²) in [7, 11) is 0. The first-order valence-electron chi connectivity index (χ1n) is 5.43. The molecule has 0 saturated heterocycles. The van der Waals surface area contributed by atoms with Crippen LogP contribution < -0.4 is 16.8 Å². The number of carbonyl (C=O) groups is 1. The highest BCUT2D eigenvalue weighted by Crippen LogP contribution is 2.33. The summed E-state index contributed by atoms with van der Waals surface area (Å²) in [5.74, 6) is 0.865. The molecule has 1 amide bonds. The fraction of sp³-hybridized carbons (Fsp3) is 0.455. The quantitative estimate of drug-likeness (QED) is 0.666. The van der Waals surface area contributed by atoms with Gasteiger partial charge in [0.1, 0.15) is 5.82 Å². The SMILES string of the molecule is NCC(Nc1cc(C(N)=O)ccn1)C1CC1. The van der Waals surface area contributed by atoms with Gasteiger partial charge >= 0.3 is 0 Å². The molecule has 1 unspecified atom stereocenters. The molecule has 86 valence electrons. The number of pyridine rings is 1. The summed E-state index contributed by atoms with van der Waals surface area (Å²) in [5.41, 5.74) is 11.3. The molecule has 0 aromatic carbocycles. The van der Waals surface area contributed by atoms with Gasteiger partial charge < -0.3 is 16.8 Å². The molecule has 5 N–H and O–H groups in total. The van der Waals surface area contributed by atoms with E-state index in [1.807, 2.05) is 0 Å². The predicted octanol–water partition coefficient (Wildman–Crippen LogP) is 0.330. The Hall–Kier alpha value is -1.62. The van der Waals surface area contributed by atoms with Gasteiger partial charge in [-0.3, -0.25) is 4.79 Å². The van der Waals surface area contributed by atoms with E-state index in [1.54, 1.807) is 18.3 Å². The van der Waals surface area contributed by atoms with Gasteiger partial charge in [-0.25, -0.2) is 4.98 Å². The summed E-state index contributed by atoms with van der Waals surface area (Å²) >= 11 is 0. The first-order chi connectivity index (χ1) is 7.70. The summed E-state index contributed by atoms with van der Waals surface area (Å²) < 4.78 is 0. The van der Waals surface area contributed by atoms with Crippen LogP contribution in [0.3, 0.4) is 0 Å². The number of hydrogen-bond acceptors (Lipinski definition) is 4. The third-order valence-electron chi connectivity index (χ3n) is 2.82. The van der Waals surface area contributed by atoms with E-state index in [-0.39, 0.29) is 6.04 Å². The lowest BCUT2D eigenvalue weighted by Gasteiger charge is -2.16. The van der Waals surface area contributed by atoms with Crippen molar-refractivity contribution in [3.05, 3.63) is 23.9 Å². The summed E-state index contributed by atoms with van der Waals surface area (Å²) in [6, 6.07) is 3.51. The van der Waals surface area contributed by atoms with E-state index < -0.39 is 5.91 Å². The van der Waals surface area contributed by atoms with Gasteiger partial charge in [-0.1, -0.05) is 0 Å². The van der Waals surface area contributed by atoms with Crippen molar-refractivity contribution in [3.8, 4) is 0 Å². The van der Waals surface area contributed by atoms with Crippen molar-refractivity contribution in [3.63, 3.8) is 0 Å². The average Bonchev–Trinajstić information content (AvgIpc) is 3.10. The summed E-state index contributed by atoms with van der Waals surface area (Å²) in [4.78, 5) is 15.1.